The molecule has 0 bridgehead atoms. The fourth-order valence-electron chi connectivity index (χ4n) is 4.59. The van der Waals surface area contributed by atoms with Crippen LogP contribution in [-0.2, 0) is 17.8 Å². The molecule has 2 aromatic carbocycles. The summed E-state index contributed by atoms with van der Waals surface area (Å²) in [7, 11) is 4.08. The molecule has 4 nitrogen and oxygen atoms in total. The number of carbonyl (C=O) groups is 1. The van der Waals surface area contributed by atoms with Gasteiger partial charge in [0.1, 0.15) is 0 Å². The van der Waals surface area contributed by atoms with Gasteiger partial charge in [0, 0.05) is 25.5 Å². The first-order valence-electron chi connectivity index (χ1n) is 12.1. The van der Waals surface area contributed by atoms with Crippen molar-refractivity contribution in [2.75, 3.05) is 30.2 Å². The summed E-state index contributed by atoms with van der Waals surface area (Å²) in [6.07, 6.45) is 4.89. The zero-order chi connectivity index (χ0) is 24.2. The molecule has 178 valence electrons. The van der Waals surface area contributed by atoms with Gasteiger partial charge in [0.25, 0.3) is 0 Å². The number of aromatic nitrogens is 1. The lowest BCUT2D eigenvalue weighted by atomic mass is 9.85. The molecule has 5 heteroatoms. The molecule has 1 aliphatic rings. The van der Waals surface area contributed by atoms with Crippen molar-refractivity contribution in [3.05, 3.63) is 83.0 Å². The van der Waals surface area contributed by atoms with E-state index in [9.17, 15) is 4.79 Å². The maximum atomic E-state index is 14.1. The number of amides is 1. The van der Waals surface area contributed by atoms with Gasteiger partial charge in [-0.2, -0.15) is 0 Å². The molecule has 0 aliphatic heterocycles. The van der Waals surface area contributed by atoms with Crippen LogP contribution in [0.5, 0.6) is 0 Å². The van der Waals surface area contributed by atoms with Crippen LogP contribution in [0, 0.1) is 0 Å². The van der Waals surface area contributed by atoms with Crippen LogP contribution in [0.1, 0.15) is 60.9 Å². The summed E-state index contributed by atoms with van der Waals surface area (Å²) in [6, 6.07) is 21.2. The van der Waals surface area contributed by atoms with Gasteiger partial charge in [0.15, 0.2) is 0 Å². The largest absolute Gasteiger partial charge is 0.378 e. The average molecular weight is 474 g/mol. The predicted octanol–water partition coefficient (Wildman–Crippen LogP) is 6.65. The summed E-state index contributed by atoms with van der Waals surface area (Å²) < 4.78 is 0. The van der Waals surface area contributed by atoms with Gasteiger partial charge in [-0.25, -0.2) is 4.98 Å². The molecule has 1 unspecified atom stereocenters. The number of carbonyl (C=O) groups excluding carboxylic acids is 1. The molecular formula is C29H35N3OS. The van der Waals surface area contributed by atoms with Crippen molar-refractivity contribution >= 4 is 29.0 Å². The zero-order valence-electron chi connectivity index (χ0n) is 20.9. The van der Waals surface area contributed by atoms with Crippen molar-refractivity contribution in [1.82, 2.24) is 4.98 Å². The van der Waals surface area contributed by atoms with Crippen molar-refractivity contribution < 1.29 is 4.79 Å². The second-order valence-electron chi connectivity index (χ2n) is 9.57. The average Bonchev–Trinajstić information content (AvgIpc) is 2.86. The van der Waals surface area contributed by atoms with E-state index in [0.717, 1.165) is 46.9 Å². The number of fused-ring (bicyclic) bond motifs is 1. The Morgan fingerprint density at radius 1 is 1.00 bits per heavy atom. The van der Waals surface area contributed by atoms with Crippen LogP contribution in [-0.4, -0.2) is 31.2 Å². The Morgan fingerprint density at radius 2 is 1.68 bits per heavy atom. The van der Waals surface area contributed by atoms with Crippen molar-refractivity contribution in [2.24, 2.45) is 0 Å². The highest BCUT2D eigenvalue weighted by molar-refractivity contribution is 7.98. The molecule has 1 atom stereocenters. The Bertz CT molecular complexity index is 1120. The van der Waals surface area contributed by atoms with Crippen LogP contribution in [0.3, 0.4) is 0 Å². The molecular weight excluding hydrogens is 438 g/mol. The molecule has 0 N–H and O–H groups in total. The molecule has 3 aromatic rings. The van der Waals surface area contributed by atoms with E-state index in [1.54, 1.807) is 11.8 Å². The Morgan fingerprint density at radius 3 is 2.29 bits per heavy atom. The number of thioether (sulfide) groups is 1. The molecule has 1 amide bonds. The van der Waals surface area contributed by atoms with Crippen molar-refractivity contribution in [3.63, 3.8) is 0 Å². The number of anilines is 2. The SMILES string of the molecule is CSc1ccc2c(n1)C(C(=O)N(Cc1ccc(N(C)C)cc1)c1ccc(C(C)C)cc1)CCC2. The Balaban J connectivity index is 1.70. The normalized spacial score (nSPS) is 15.2. The summed E-state index contributed by atoms with van der Waals surface area (Å²) in [6.45, 7) is 4.93. The minimum absolute atomic E-state index is 0.140. The number of hydrogen-bond acceptors (Lipinski definition) is 4. The van der Waals surface area contributed by atoms with E-state index in [1.807, 2.05) is 25.3 Å². The van der Waals surface area contributed by atoms with Gasteiger partial charge in [0.2, 0.25) is 5.91 Å². The highest BCUT2D eigenvalue weighted by Gasteiger charge is 2.32. The van der Waals surface area contributed by atoms with Crippen LogP contribution in [0.25, 0.3) is 0 Å². The van der Waals surface area contributed by atoms with Crippen LogP contribution >= 0.6 is 11.8 Å². The molecule has 1 aromatic heterocycles. The van der Waals surface area contributed by atoms with Gasteiger partial charge in [0.05, 0.1) is 23.2 Å². The fourth-order valence-corrected chi connectivity index (χ4v) is 4.99. The van der Waals surface area contributed by atoms with E-state index in [-0.39, 0.29) is 11.8 Å². The second kappa shape index (κ2) is 10.6. The number of benzene rings is 2. The van der Waals surface area contributed by atoms with Crippen LogP contribution in [0.4, 0.5) is 11.4 Å². The first-order valence-corrected chi connectivity index (χ1v) is 13.3. The lowest BCUT2D eigenvalue weighted by Crippen LogP contribution is -2.36. The maximum absolute atomic E-state index is 14.1. The van der Waals surface area contributed by atoms with Gasteiger partial charge < -0.3 is 9.80 Å². The maximum Gasteiger partial charge on any atom is 0.236 e. The van der Waals surface area contributed by atoms with E-state index < -0.39 is 0 Å². The molecule has 1 aliphatic carbocycles. The molecule has 0 saturated heterocycles. The Hall–Kier alpha value is -2.79. The van der Waals surface area contributed by atoms with E-state index in [1.165, 1.54) is 11.1 Å². The van der Waals surface area contributed by atoms with Crippen molar-refractivity contribution in [2.45, 2.75) is 56.5 Å². The van der Waals surface area contributed by atoms with Gasteiger partial charge in [-0.05, 0) is 78.5 Å². The molecule has 4 rings (SSSR count). The minimum atomic E-state index is -0.207. The number of rotatable bonds is 7. The lowest BCUT2D eigenvalue weighted by Gasteiger charge is -2.31. The second-order valence-corrected chi connectivity index (χ2v) is 10.4. The Labute approximate surface area is 208 Å². The number of nitrogens with zero attached hydrogens (tertiary/aromatic N) is 3. The summed E-state index contributed by atoms with van der Waals surface area (Å²) in [5.41, 5.74) is 6.68. The zero-order valence-corrected chi connectivity index (χ0v) is 21.7. The van der Waals surface area contributed by atoms with Crippen molar-refractivity contribution in [1.29, 1.82) is 0 Å². The highest BCUT2D eigenvalue weighted by Crippen LogP contribution is 2.35. The molecule has 0 radical (unpaired) electrons. The first-order chi connectivity index (χ1) is 16.4. The Kier molecular flexibility index (Phi) is 7.62. The van der Waals surface area contributed by atoms with Crippen molar-refractivity contribution in [3.8, 4) is 0 Å². The summed E-state index contributed by atoms with van der Waals surface area (Å²) in [4.78, 5) is 23.1. The quantitative estimate of drug-likeness (QED) is 0.360. The van der Waals surface area contributed by atoms with Crippen LogP contribution in [0.15, 0.2) is 65.7 Å². The summed E-state index contributed by atoms with van der Waals surface area (Å²) in [5.74, 6) is 0.388. The van der Waals surface area contributed by atoms with Gasteiger partial charge in [-0.1, -0.05) is 44.2 Å². The highest BCUT2D eigenvalue weighted by atomic mass is 32.2. The van der Waals surface area contributed by atoms with E-state index in [2.05, 4.69) is 79.4 Å². The van der Waals surface area contributed by atoms with E-state index in [0.29, 0.717) is 12.5 Å². The summed E-state index contributed by atoms with van der Waals surface area (Å²) in [5, 5.41) is 0.977. The van der Waals surface area contributed by atoms with E-state index in [4.69, 9.17) is 4.98 Å². The third kappa shape index (κ3) is 5.30. The minimum Gasteiger partial charge on any atom is -0.378 e. The molecule has 1 heterocycles. The molecule has 0 saturated carbocycles. The van der Waals surface area contributed by atoms with E-state index >= 15 is 0 Å². The van der Waals surface area contributed by atoms with Gasteiger partial charge in [-0.15, -0.1) is 11.8 Å². The fraction of sp³-hybridized carbons (Fsp3) is 0.379. The third-order valence-electron chi connectivity index (χ3n) is 6.69. The van der Waals surface area contributed by atoms with Crippen LogP contribution in [0.2, 0.25) is 0 Å². The topological polar surface area (TPSA) is 36.4 Å². The number of hydrogen-bond donors (Lipinski definition) is 0. The number of aryl methyl sites for hydroxylation is 1. The monoisotopic (exact) mass is 473 g/mol. The molecule has 0 spiro atoms. The molecule has 0 fully saturated rings. The lowest BCUT2D eigenvalue weighted by molar-refractivity contribution is -0.120. The third-order valence-corrected chi connectivity index (χ3v) is 7.34. The first kappa shape index (κ1) is 24.3. The molecule has 34 heavy (non-hydrogen) atoms. The van der Waals surface area contributed by atoms with Gasteiger partial charge >= 0.3 is 0 Å². The summed E-state index contributed by atoms with van der Waals surface area (Å²) >= 11 is 1.63. The smallest absolute Gasteiger partial charge is 0.236 e. The van der Waals surface area contributed by atoms with Crippen LogP contribution < -0.4 is 9.80 Å². The van der Waals surface area contributed by atoms with Gasteiger partial charge in [-0.3, -0.25) is 4.79 Å². The number of pyridine rings is 1. The standard InChI is InChI=1S/C29H35N3OS/c1-20(2)22-11-16-25(17-12-22)32(19-21-9-14-24(15-10-21)31(3)4)29(33)26-8-6-7-23-13-18-27(34-5)30-28(23)26/h9-18,20,26H,6-8,19H2,1-5H3. The predicted molar refractivity (Wildman–Crippen MR) is 144 cm³/mol.